The van der Waals surface area contributed by atoms with Crippen molar-refractivity contribution in [3.8, 4) is 0 Å². The van der Waals surface area contributed by atoms with Gasteiger partial charge in [0.2, 0.25) is 0 Å². The third-order valence-electron chi connectivity index (χ3n) is 1.72. The lowest BCUT2D eigenvalue weighted by Crippen LogP contribution is -2.19. The van der Waals surface area contributed by atoms with Crippen LogP contribution >= 0.6 is 0 Å². The van der Waals surface area contributed by atoms with Crippen LogP contribution in [0.2, 0.25) is 0 Å². The Balaban J connectivity index is 3.02. The van der Waals surface area contributed by atoms with Crippen molar-refractivity contribution in [1.82, 2.24) is 4.98 Å². The molecule has 0 fully saturated rings. The van der Waals surface area contributed by atoms with Gasteiger partial charge in [-0.1, -0.05) is 0 Å². The zero-order valence-corrected chi connectivity index (χ0v) is 7.04. The lowest BCUT2D eigenvalue weighted by molar-refractivity contribution is 0.0970. The van der Waals surface area contributed by atoms with E-state index in [1.165, 1.54) is 12.4 Å². The van der Waals surface area contributed by atoms with Crippen molar-refractivity contribution in [3.05, 3.63) is 23.5 Å². The highest BCUT2D eigenvalue weighted by atomic mass is 16.1. The van der Waals surface area contributed by atoms with Gasteiger partial charge in [-0.2, -0.15) is 0 Å². The first kappa shape index (κ1) is 9.63. The van der Waals surface area contributed by atoms with Gasteiger partial charge < -0.3 is 16.5 Å². The summed E-state index contributed by atoms with van der Waals surface area (Å²) in [7, 11) is 0. The zero-order chi connectivity index (χ0) is 9.84. The number of aromatic amines is 1. The topological polar surface area (TPSA) is 102 Å². The molecular formula is C8H11N3O2. The summed E-state index contributed by atoms with van der Waals surface area (Å²) in [5.41, 5.74) is 11.0. The second-order valence-corrected chi connectivity index (χ2v) is 2.54. The predicted octanol–water partition coefficient (Wildman–Crippen LogP) is -0.703. The van der Waals surface area contributed by atoms with E-state index in [-0.39, 0.29) is 24.7 Å². The molecule has 1 heterocycles. The second kappa shape index (κ2) is 3.97. The average Bonchev–Trinajstić information content (AvgIpc) is 2.63. The monoisotopic (exact) mass is 181 g/mol. The Morgan fingerprint density at radius 2 is 1.46 bits per heavy atom. The van der Waals surface area contributed by atoms with Crippen LogP contribution in [0.25, 0.3) is 0 Å². The predicted molar refractivity (Wildman–Crippen MR) is 47.6 cm³/mol. The van der Waals surface area contributed by atoms with Gasteiger partial charge >= 0.3 is 0 Å². The van der Waals surface area contributed by atoms with E-state index >= 15 is 0 Å². The van der Waals surface area contributed by atoms with Crippen LogP contribution in [0, 0.1) is 0 Å². The van der Waals surface area contributed by atoms with Crippen LogP contribution in [0.3, 0.4) is 0 Å². The lowest BCUT2D eigenvalue weighted by atomic mass is 10.1. The molecule has 5 heteroatoms. The first-order valence-corrected chi connectivity index (χ1v) is 3.84. The van der Waals surface area contributed by atoms with Gasteiger partial charge in [0.15, 0.2) is 11.6 Å². The molecule has 1 aromatic heterocycles. The number of carbonyl (C=O) groups is 2. The number of aromatic nitrogens is 1. The van der Waals surface area contributed by atoms with E-state index in [1.807, 2.05) is 0 Å². The van der Waals surface area contributed by atoms with Crippen LogP contribution in [0.15, 0.2) is 12.4 Å². The molecule has 0 aliphatic rings. The highest BCUT2D eigenvalue weighted by molar-refractivity contribution is 6.09. The van der Waals surface area contributed by atoms with Crippen LogP contribution in [-0.4, -0.2) is 29.6 Å². The van der Waals surface area contributed by atoms with E-state index in [4.69, 9.17) is 11.5 Å². The van der Waals surface area contributed by atoms with Gasteiger partial charge in [0.05, 0.1) is 13.1 Å². The standard InChI is InChI=1S/C8H11N3O2/c9-1-7(12)5-3-11-4-6(5)8(13)2-10/h3-4,11H,1-2,9-10H2. The number of ketones is 2. The molecule has 0 atom stereocenters. The summed E-state index contributed by atoms with van der Waals surface area (Å²) >= 11 is 0. The van der Waals surface area contributed by atoms with Gasteiger partial charge in [-0.05, 0) is 0 Å². The highest BCUT2D eigenvalue weighted by Gasteiger charge is 2.15. The van der Waals surface area contributed by atoms with Gasteiger partial charge in [-0.25, -0.2) is 0 Å². The fourth-order valence-corrected chi connectivity index (χ4v) is 1.05. The Morgan fingerprint density at radius 1 is 1.08 bits per heavy atom. The van der Waals surface area contributed by atoms with Crippen molar-refractivity contribution in [2.75, 3.05) is 13.1 Å². The van der Waals surface area contributed by atoms with Gasteiger partial charge in [0, 0.05) is 23.5 Å². The number of hydrogen-bond donors (Lipinski definition) is 3. The Labute approximate surface area is 75.1 Å². The normalized spacial score (nSPS) is 10.0. The van der Waals surface area contributed by atoms with E-state index < -0.39 is 0 Å². The molecule has 0 aromatic carbocycles. The Hall–Kier alpha value is -1.46. The maximum Gasteiger partial charge on any atom is 0.178 e. The first-order valence-electron chi connectivity index (χ1n) is 3.84. The van der Waals surface area contributed by atoms with Crippen LogP contribution in [-0.2, 0) is 0 Å². The summed E-state index contributed by atoms with van der Waals surface area (Å²) in [5, 5.41) is 0. The molecule has 0 aliphatic heterocycles. The first-order chi connectivity index (χ1) is 6.20. The van der Waals surface area contributed by atoms with E-state index in [9.17, 15) is 9.59 Å². The van der Waals surface area contributed by atoms with E-state index in [1.54, 1.807) is 0 Å². The number of nitrogens with two attached hydrogens (primary N) is 2. The van der Waals surface area contributed by atoms with Crippen LogP contribution in [0.5, 0.6) is 0 Å². The molecule has 0 bridgehead atoms. The number of H-pyrrole nitrogens is 1. The number of nitrogens with one attached hydrogen (secondary N) is 1. The molecular weight excluding hydrogens is 170 g/mol. The Morgan fingerprint density at radius 3 is 1.77 bits per heavy atom. The molecule has 0 amide bonds. The van der Waals surface area contributed by atoms with Crippen molar-refractivity contribution in [2.24, 2.45) is 11.5 Å². The molecule has 70 valence electrons. The maximum atomic E-state index is 11.2. The second-order valence-electron chi connectivity index (χ2n) is 2.54. The minimum Gasteiger partial charge on any atom is -0.366 e. The number of hydrogen-bond acceptors (Lipinski definition) is 4. The third-order valence-corrected chi connectivity index (χ3v) is 1.72. The van der Waals surface area contributed by atoms with E-state index in [2.05, 4.69) is 4.98 Å². The third kappa shape index (κ3) is 1.82. The maximum absolute atomic E-state index is 11.2. The van der Waals surface area contributed by atoms with E-state index in [0.29, 0.717) is 11.1 Å². The van der Waals surface area contributed by atoms with Crippen LogP contribution in [0.4, 0.5) is 0 Å². The summed E-state index contributed by atoms with van der Waals surface area (Å²) in [4.78, 5) is 25.0. The molecule has 5 N–H and O–H groups in total. The van der Waals surface area contributed by atoms with E-state index in [0.717, 1.165) is 0 Å². The van der Waals surface area contributed by atoms with Crippen molar-refractivity contribution in [2.45, 2.75) is 0 Å². The zero-order valence-electron chi connectivity index (χ0n) is 7.04. The molecule has 0 aliphatic carbocycles. The largest absolute Gasteiger partial charge is 0.366 e. The van der Waals surface area contributed by atoms with Gasteiger partial charge in [-0.15, -0.1) is 0 Å². The minimum atomic E-state index is -0.266. The van der Waals surface area contributed by atoms with Gasteiger partial charge in [0.25, 0.3) is 0 Å². The number of Topliss-reactive ketones (excluding diaryl/α,β-unsaturated/α-hetero) is 2. The molecule has 1 rings (SSSR count). The molecule has 1 aromatic rings. The summed E-state index contributed by atoms with van der Waals surface area (Å²) in [6.07, 6.45) is 2.91. The molecule has 0 saturated heterocycles. The minimum absolute atomic E-state index is 0.108. The van der Waals surface area contributed by atoms with Gasteiger partial charge in [0.1, 0.15) is 0 Å². The molecule has 0 unspecified atom stereocenters. The Bertz CT molecular complexity index is 299. The SMILES string of the molecule is NCC(=O)c1c[nH]cc1C(=O)CN. The van der Waals surface area contributed by atoms with Crippen molar-refractivity contribution < 1.29 is 9.59 Å². The van der Waals surface area contributed by atoms with Gasteiger partial charge in [-0.3, -0.25) is 9.59 Å². The molecule has 0 radical (unpaired) electrons. The fraction of sp³-hybridized carbons (Fsp3) is 0.250. The quantitative estimate of drug-likeness (QED) is 0.534. The van der Waals surface area contributed by atoms with Crippen molar-refractivity contribution in [1.29, 1.82) is 0 Å². The average molecular weight is 181 g/mol. The van der Waals surface area contributed by atoms with Crippen LogP contribution in [0.1, 0.15) is 20.7 Å². The summed E-state index contributed by atoms with van der Waals surface area (Å²) in [6, 6.07) is 0. The molecule has 5 nitrogen and oxygen atoms in total. The summed E-state index contributed by atoms with van der Waals surface area (Å²) in [5.74, 6) is -0.531. The smallest absolute Gasteiger partial charge is 0.178 e. The molecule has 13 heavy (non-hydrogen) atoms. The highest BCUT2D eigenvalue weighted by Crippen LogP contribution is 2.08. The number of rotatable bonds is 4. The summed E-state index contributed by atoms with van der Waals surface area (Å²) < 4.78 is 0. The Kier molecular flexibility index (Phi) is 2.94. The van der Waals surface area contributed by atoms with Crippen molar-refractivity contribution in [3.63, 3.8) is 0 Å². The fourth-order valence-electron chi connectivity index (χ4n) is 1.05. The lowest BCUT2D eigenvalue weighted by Gasteiger charge is -1.97. The molecule has 0 saturated carbocycles. The summed E-state index contributed by atoms with van der Waals surface area (Å²) in [6.45, 7) is -0.217. The van der Waals surface area contributed by atoms with Crippen molar-refractivity contribution >= 4 is 11.6 Å². The molecule has 0 spiro atoms. The number of carbonyl (C=O) groups excluding carboxylic acids is 2. The van der Waals surface area contributed by atoms with Crippen LogP contribution < -0.4 is 11.5 Å².